The fraction of sp³-hybridized carbons (Fsp3) is 0.667. The van der Waals surface area contributed by atoms with Crippen molar-refractivity contribution in [3.8, 4) is 6.01 Å². The molecule has 0 atom stereocenters. The van der Waals surface area contributed by atoms with Crippen LogP contribution >= 0.6 is 0 Å². The number of alkyl halides is 3. The molecule has 0 saturated heterocycles. The van der Waals surface area contributed by atoms with E-state index >= 15 is 0 Å². The average Bonchev–Trinajstić information content (AvgIpc) is 2.39. The van der Waals surface area contributed by atoms with E-state index in [0.29, 0.717) is 12.8 Å². The van der Waals surface area contributed by atoms with Crippen LogP contribution in [-0.2, 0) is 6.18 Å². The Morgan fingerprint density at radius 3 is 2.53 bits per heavy atom. The van der Waals surface area contributed by atoms with Crippen LogP contribution in [0.15, 0.2) is 12.3 Å². The van der Waals surface area contributed by atoms with E-state index in [1.165, 1.54) is 0 Å². The third kappa shape index (κ3) is 3.79. The topological polar surface area (TPSA) is 55.2 Å². The van der Waals surface area contributed by atoms with E-state index in [2.05, 4.69) is 9.97 Å². The molecule has 1 aliphatic carbocycles. The van der Waals surface area contributed by atoms with Gasteiger partial charge in [-0.1, -0.05) is 0 Å². The molecule has 106 valence electrons. The van der Waals surface area contributed by atoms with Gasteiger partial charge in [0, 0.05) is 12.8 Å². The molecule has 7 heteroatoms. The van der Waals surface area contributed by atoms with Gasteiger partial charge >= 0.3 is 12.2 Å². The van der Waals surface area contributed by atoms with Crippen molar-refractivity contribution in [1.82, 2.24) is 9.97 Å². The molecule has 1 aliphatic rings. The maximum atomic E-state index is 12.5. The first-order valence-electron chi connectivity index (χ1n) is 6.17. The maximum Gasteiger partial charge on any atom is 0.433 e. The monoisotopic (exact) mass is 276 g/mol. The van der Waals surface area contributed by atoms with Gasteiger partial charge in [-0.25, -0.2) is 4.98 Å². The number of hydrogen-bond acceptors (Lipinski definition) is 4. The molecule has 0 aliphatic heterocycles. The molecule has 0 bridgehead atoms. The highest BCUT2D eigenvalue weighted by Crippen LogP contribution is 2.29. The summed E-state index contributed by atoms with van der Waals surface area (Å²) in [4.78, 5) is 7.07. The quantitative estimate of drug-likeness (QED) is 0.921. The summed E-state index contributed by atoms with van der Waals surface area (Å²) in [6, 6.07) is 0.581. The normalized spacial score (nSPS) is 24.2. The van der Waals surface area contributed by atoms with E-state index in [-0.39, 0.29) is 24.6 Å². The molecular formula is C12H15F3N2O2. The zero-order chi connectivity index (χ0) is 13.9. The molecular weight excluding hydrogens is 261 g/mol. The first kappa shape index (κ1) is 14.0. The standard InChI is InChI=1S/C12H15F3N2O2/c13-12(14,15)10-5-6-16-11(17-10)19-9-3-1-8(7-18)2-4-9/h5-6,8-9,18H,1-4,7H2. The number of aliphatic hydroxyl groups is 1. The minimum atomic E-state index is -4.49. The minimum Gasteiger partial charge on any atom is -0.460 e. The first-order chi connectivity index (χ1) is 8.99. The first-order valence-corrected chi connectivity index (χ1v) is 6.17. The molecule has 1 saturated carbocycles. The van der Waals surface area contributed by atoms with Crippen molar-refractivity contribution in [3.63, 3.8) is 0 Å². The van der Waals surface area contributed by atoms with E-state index < -0.39 is 11.9 Å². The summed E-state index contributed by atoms with van der Waals surface area (Å²) in [5.41, 5.74) is -0.999. The van der Waals surface area contributed by atoms with Gasteiger partial charge in [-0.05, 0) is 37.7 Å². The second kappa shape index (κ2) is 5.73. The Labute approximate surface area is 108 Å². The van der Waals surface area contributed by atoms with Crippen LogP contribution in [0.3, 0.4) is 0 Å². The Bertz CT molecular complexity index is 418. The largest absolute Gasteiger partial charge is 0.460 e. The second-order valence-electron chi connectivity index (χ2n) is 4.67. The molecule has 0 amide bonds. The summed E-state index contributed by atoms with van der Waals surface area (Å²) in [5, 5.41) is 9.00. The summed E-state index contributed by atoms with van der Waals surface area (Å²) >= 11 is 0. The second-order valence-corrected chi connectivity index (χ2v) is 4.67. The molecule has 0 unspecified atom stereocenters. The van der Waals surface area contributed by atoms with Crippen molar-refractivity contribution >= 4 is 0 Å². The highest BCUT2D eigenvalue weighted by molar-refractivity contribution is 5.09. The Balaban J connectivity index is 1.97. The molecule has 0 spiro atoms. The molecule has 1 N–H and O–H groups in total. The van der Waals surface area contributed by atoms with Crippen molar-refractivity contribution in [2.75, 3.05) is 6.61 Å². The molecule has 1 aromatic heterocycles. The van der Waals surface area contributed by atoms with Gasteiger partial charge in [0.05, 0.1) is 0 Å². The van der Waals surface area contributed by atoms with Crippen molar-refractivity contribution in [2.45, 2.75) is 38.0 Å². The number of nitrogens with zero attached hydrogens (tertiary/aromatic N) is 2. The lowest BCUT2D eigenvalue weighted by molar-refractivity contribution is -0.141. The molecule has 1 heterocycles. The lowest BCUT2D eigenvalue weighted by atomic mass is 9.88. The third-order valence-corrected chi connectivity index (χ3v) is 3.25. The fourth-order valence-electron chi connectivity index (χ4n) is 2.14. The Morgan fingerprint density at radius 2 is 1.95 bits per heavy atom. The fourth-order valence-corrected chi connectivity index (χ4v) is 2.14. The van der Waals surface area contributed by atoms with E-state index in [1.807, 2.05) is 0 Å². The van der Waals surface area contributed by atoms with E-state index in [1.54, 1.807) is 0 Å². The number of halogens is 3. The van der Waals surface area contributed by atoms with Crippen molar-refractivity contribution < 1.29 is 23.0 Å². The van der Waals surface area contributed by atoms with Crippen LogP contribution in [0.4, 0.5) is 13.2 Å². The number of aromatic nitrogens is 2. The minimum absolute atomic E-state index is 0.146. The van der Waals surface area contributed by atoms with Gasteiger partial charge in [-0.15, -0.1) is 0 Å². The van der Waals surface area contributed by atoms with E-state index in [4.69, 9.17) is 9.84 Å². The molecule has 4 nitrogen and oxygen atoms in total. The molecule has 0 aromatic carbocycles. The van der Waals surface area contributed by atoms with Gasteiger partial charge in [-0.3, -0.25) is 0 Å². The predicted octanol–water partition coefficient (Wildman–Crippen LogP) is 2.43. The van der Waals surface area contributed by atoms with Gasteiger partial charge in [0.15, 0.2) is 5.69 Å². The van der Waals surface area contributed by atoms with E-state index in [0.717, 1.165) is 25.1 Å². The molecule has 1 aromatic rings. The summed E-state index contributed by atoms with van der Waals surface area (Å²) in [6.45, 7) is 0.146. The van der Waals surface area contributed by atoms with Crippen LogP contribution in [0, 0.1) is 5.92 Å². The zero-order valence-corrected chi connectivity index (χ0v) is 10.2. The number of ether oxygens (including phenoxy) is 1. The predicted molar refractivity (Wildman–Crippen MR) is 60.5 cm³/mol. The van der Waals surface area contributed by atoms with Crippen LogP contribution in [0.25, 0.3) is 0 Å². The molecule has 1 fully saturated rings. The van der Waals surface area contributed by atoms with Gasteiger partial charge in [-0.2, -0.15) is 18.2 Å². The Kier molecular flexibility index (Phi) is 4.24. The van der Waals surface area contributed by atoms with Gasteiger partial charge < -0.3 is 9.84 Å². The number of aliphatic hydroxyl groups excluding tert-OH is 1. The van der Waals surface area contributed by atoms with Crippen LogP contribution in [0.5, 0.6) is 6.01 Å². The average molecular weight is 276 g/mol. The van der Waals surface area contributed by atoms with Gasteiger partial charge in [0.25, 0.3) is 0 Å². The van der Waals surface area contributed by atoms with Crippen molar-refractivity contribution in [1.29, 1.82) is 0 Å². The van der Waals surface area contributed by atoms with E-state index in [9.17, 15) is 13.2 Å². The summed E-state index contributed by atoms with van der Waals surface area (Å²) < 4.78 is 42.8. The Hall–Kier alpha value is -1.37. The van der Waals surface area contributed by atoms with Gasteiger partial charge in [0.2, 0.25) is 0 Å². The summed E-state index contributed by atoms with van der Waals surface area (Å²) in [6.07, 6.45) is -0.609. The van der Waals surface area contributed by atoms with Crippen LogP contribution in [0.2, 0.25) is 0 Å². The van der Waals surface area contributed by atoms with Gasteiger partial charge in [0.1, 0.15) is 6.10 Å². The number of hydrogen-bond donors (Lipinski definition) is 1. The highest BCUT2D eigenvalue weighted by atomic mass is 19.4. The summed E-state index contributed by atoms with van der Waals surface area (Å²) in [7, 11) is 0. The van der Waals surface area contributed by atoms with Crippen LogP contribution in [0.1, 0.15) is 31.4 Å². The molecule has 2 rings (SSSR count). The lowest BCUT2D eigenvalue weighted by Crippen LogP contribution is -2.26. The molecule has 19 heavy (non-hydrogen) atoms. The third-order valence-electron chi connectivity index (χ3n) is 3.25. The lowest BCUT2D eigenvalue weighted by Gasteiger charge is -2.27. The summed E-state index contributed by atoms with van der Waals surface area (Å²) in [5.74, 6) is 0.266. The zero-order valence-electron chi connectivity index (χ0n) is 10.2. The Morgan fingerprint density at radius 1 is 1.26 bits per heavy atom. The smallest absolute Gasteiger partial charge is 0.433 e. The highest BCUT2D eigenvalue weighted by Gasteiger charge is 2.33. The maximum absolute atomic E-state index is 12.5. The van der Waals surface area contributed by atoms with Crippen LogP contribution in [-0.4, -0.2) is 27.8 Å². The number of rotatable bonds is 3. The van der Waals surface area contributed by atoms with Crippen molar-refractivity contribution in [2.24, 2.45) is 5.92 Å². The SMILES string of the molecule is OCC1CCC(Oc2nccc(C(F)(F)F)n2)CC1. The molecule has 0 radical (unpaired) electrons. The van der Waals surface area contributed by atoms with Crippen molar-refractivity contribution in [3.05, 3.63) is 18.0 Å². The van der Waals surface area contributed by atoms with Crippen LogP contribution < -0.4 is 4.74 Å².